The van der Waals surface area contributed by atoms with E-state index in [0.717, 1.165) is 0 Å². The maximum absolute atomic E-state index is 12.7. The zero-order chi connectivity index (χ0) is 9.40. The van der Waals surface area contributed by atoms with Gasteiger partial charge in [-0.25, -0.2) is 4.39 Å². The van der Waals surface area contributed by atoms with E-state index in [1.807, 2.05) is 13.7 Å². The van der Waals surface area contributed by atoms with Crippen molar-refractivity contribution in [2.45, 2.75) is 6.92 Å². The highest BCUT2D eigenvalue weighted by atomic mass is 19.1. The Bertz CT molecular complexity index is 226. The Morgan fingerprint density at radius 3 is 2.50 bits per heavy atom. The van der Waals surface area contributed by atoms with Crippen molar-refractivity contribution in [1.82, 2.24) is 0 Å². The molecule has 0 fully saturated rings. The van der Waals surface area contributed by atoms with E-state index < -0.39 is 0 Å². The summed E-state index contributed by atoms with van der Waals surface area (Å²) in [6.07, 6.45) is 0. The average molecular weight is 170 g/mol. The highest BCUT2D eigenvalue weighted by molar-refractivity contribution is 5.23. The summed E-state index contributed by atoms with van der Waals surface area (Å²) in [5.41, 5.74) is 0. The molecule has 0 amide bonds. The zero-order valence-corrected chi connectivity index (χ0v) is 6.92. The van der Waals surface area contributed by atoms with Gasteiger partial charge in [0.15, 0.2) is 11.6 Å². The van der Waals surface area contributed by atoms with Crippen LogP contribution in [0.3, 0.4) is 0 Å². The third kappa shape index (κ3) is 3.14. The van der Waals surface area contributed by atoms with E-state index in [9.17, 15) is 4.39 Å². The number of ether oxygens (including phenoxy) is 1. The lowest BCUT2D eigenvalue weighted by Crippen LogP contribution is -1.93. The van der Waals surface area contributed by atoms with E-state index in [-0.39, 0.29) is 5.82 Å². The molecule has 1 aromatic carbocycles. The molecule has 0 N–H and O–H groups in total. The molecule has 0 atom stereocenters. The molecular weight excluding hydrogens is 159 g/mol. The summed E-state index contributed by atoms with van der Waals surface area (Å²) in [5.74, 6) is 0.0225. The van der Waals surface area contributed by atoms with Crippen LogP contribution in [0, 0.1) is 5.82 Å². The second-order valence-electron chi connectivity index (χ2n) is 1.86. The van der Waals surface area contributed by atoms with Crippen molar-refractivity contribution < 1.29 is 13.9 Å². The molecule has 0 bridgehead atoms. The van der Waals surface area contributed by atoms with Crippen LogP contribution < -0.4 is 4.74 Å². The molecule has 66 valence electrons. The molecule has 0 aliphatic rings. The molecule has 0 spiro atoms. The summed E-state index contributed by atoms with van der Waals surface area (Å²) >= 11 is 0. The van der Waals surface area contributed by atoms with Gasteiger partial charge in [-0.2, -0.15) is 0 Å². The Hall–Kier alpha value is -1.38. The van der Waals surface area contributed by atoms with Crippen molar-refractivity contribution in [3.63, 3.8) is 0 Å². The van der Waals surface area contributed by atoms with Gasteiger partial charge in [-0.3, -0.25) is 0 Å². The molecule has 0 aliphatic heterocycles. The maximum Gasteiger partial charge on any atom is 0.165 e. The minimum Gasteiger partial charge on any atom is -0.491 e. The zero-order valence-electron chi connectivity index (χ0n) is 6.92. The van der Waals surface area contributed by atoms with E-state index in [1.54, 1.807) is 18.2 Å². The molecular formula is C9H11FO2. The van der Waals surface area contributed by atoms with Gasteiger partial charge in [0.2, 0.25) is 0 Å². The summed E-state index contributed by atoms with van der Waals surface area (Å²) in [5, 5.41) is 0. The van der Waals surface area contributed by atoms with Gasteiger partial charge in [-0.1, -0.05) is 12.1 Å². The molecule has 2 nitrogen and oxygen atoms in total. The average Bonchev–Trinajstić information content (AvgIpc) is 2.13. The van der Waals surface area contributed by atoms with Gasteiger partial charge in [-0.05, 0) is 19.1 Å². The van der Waals surface area contributed by atoms with Crippen LogP contribution in [0.1, 0.15) is 6.92 Å². The van der Waals surface area contributed by atoms with Crippen molar-refractivity contribution >= 4 is 6.79 Å². The molecule has 0 radical (unpaired) electrons. The Morgan fingerprint density at radius 2 is 2.00 bits per heavy atom. The molecule has 3 heteroatoms. The summed E-state index contributed by atoms with van der Waals surface area (Å²) in [6, 6.07) is 6.37. The van der Waals surface area contributed by atoms with Crippen molar-refractivity contribution in [2.24, 2.45) is 0 Å². The van der Waals surface area contributed by atoms with Crippen LogP contribution in [0.2, 0.25) is 0 Å². The smallest absolute Gasteiger partial charge is 0.165 e. The number of carbonyl (C=O) groups excluding carboxylic acids is 1. The van der Waals surface area contributed by atoms with Crippen LogP contribution in [0.5, 0.6) is 5.75 Å². The largest absolute Gasteiger partial charge is 0.491 e. The first-order valence-electron chi connectivity index (χ1n) is 3.50. The maximum atomic E-state index is 12.7. The van der Waals surface area contributed by atoms with Crippen molar-refractivity contribution in [1.29, 1.82) is 0 Å². The van der Waals surface area contributed by atoms with Gasteiger partial charge in [0.25, 0.3) is 0 Å². The van der Waals surface area contributed by atoms with Gasteiger partial charge in [-0.15, -0.1) is 0 Å². The van der Waals surface area contributed by atoms with Gasteiger partial charge < -0.3 is 9.53 Å². The van der Waals surface area contributed by atoms with Gasteiger partial charge >= 0.3 is 0 Å². The summed E-state index contributed by atoms with van der Waals surface area (Å²) < 4.78 is 17.6. The van der Waals surface area contributed by atoms with Crippen LogP contribution in [0.15, 0.2) is 24.3 Å². The molecule has 0 saturated heterocycles. The number of rotatable bonds is 2. The minimum absolute atomic E-state index is 0.302. The topological polar surface area (TPSA) is 26.3 Å². The van der Waals surface area contributed by atoms with Crippen molar-refractivity contribution in [3.05, 3.63) is 30.1 Å². The van der Waals surface area contributed by atoms with Crippen molar-refractivity contribution in [2.75, 3.05) is 6.61 Å². The SMILES string of the molecule is C=O.CCOc1ccccc1F. The molecule has 0 heterocycles. The van der Waals surface area contributed by atoms with Crippen LogP contribution in [0.25, 0.3) is 0 Å². The highest BCUT2D eigenvalue weighted by Crippen LogP contribution is 2.14. The number of hydrogen-bond acceptors (Lipinski definition) is 2. The summed E-state index contributed by atoms with van der Waals surface area (Å²) in [7, 11) is 0. The molecule has 1 rings (SSSR count). The Labute approximate surface area is 71.0 Å². The van der Waals surface area contributed by atoms with E-state index in [1.165, 1.54) is 6.07 Å². The second kappa shape index (κ2) is 6.34. The first-order valence-corrected chi connectivity index (χ1v) is 3.50. The first-order chi connectivity index (χ1) is 5.84. The van der Waals surface area contributed by atoms with E-state index in [4.69, 9.17) is 9.53 Å². The number of hydrogen-bond donors (Lipinski definition) is 0. The third-order valence-electron chi connectivity index (χ3n) is 1.14. The van der Waals surface area contributed by atoms with Crippen LogP contribution in [-0.4, -0.2) is 13.4 Å². The Balaban J connectivity index is 0.000000561. The lowest BCUT2D eigenvalue weighted by atomic mass is 10.3. The fraction of sp³-hybridized carbons (Fsp3) is 0.222. The van der Waals surface area contributed by atoms with E-state index in [2.05, 4.69) is 0 Å². The molecule has 12 heavy (non-hydrogen) atoms. The molecule has 0 unspecified atom stereocenters. The molecule has 0 saturated carbocycles. The van der Waals surface area contributed by atoms with Crippen LogP contribution >= 0.6 is 0 Å². The number of para-hydroxylation sites is 1. The highest BCUT2D eigenvalue weighted by Gasteiger charge is 1.97. The number of carbonyl (C=O) groups is 1. The lowest BCUT2D eigenvalue weighted by Gasteiger charge is -2.01. The van der Waals surface area contributed by atoms with Crippen molar-refractivity contribution in [3.8, 4) is 5.75 Å². The Morgan fingerprint density at radius 1 is 1.42 bits per heavy atom. The fourth-order valence-corrected chi connectivity index (χ4v) is 0.717. The second-order valence-corrected chi connectivity index (χ2v) is 1.86. The summed E-state index contributed by atoms with van der Waals surface area (Å²) in [6.45, 7) is 4.33. The quantitative estimate of drug-likeness (QED) is 0.678. The first kappa shape index (κ1) is 10.6. The third-order valence-corrected chi connectivity index (χ3v) is 1.14. The number of benzene rings is 1. The Kier molecular flexibility index (Phi) is 5.61. The van der Waals surface area contributed by atoms with Crippen LogP contribution in [0.4, 0.5) is 4.39 Å². The predicted octanol–water partition coefficient (Wildman–Crippen LogP) is 2.04. The van der Waals surface area contributed by atoms with E-state index >= 15 is 0 Å². The molecule has 0 aromatic heterocycles. The monoisotopic (exact) mass is 170 g/mol. The lowest BCUT2D eigenvalue weighted by molar-refractivity contribution is -0.0979. The minimum atomic E-state index is -0.302. The number of halogens is 1. The van der Waals surface area contributed by atoms with Crippen LogP contribution in [-0.2, 0) is 4.79 Å². The normalized spacial score (nSPS) is 8.17. The van der Waals surface area contributed by atoms with Gasteiger partial charge in [0.1, 0.15) is 6.79 Å². The molecule has 0 aliphatic carbocycles. The van der Waals surface area contributed by atoms with Gasteiger partial charge in [0, 0.05) is 0 Å². The molecule has 1 aromatic rings. The standard InChI is InChI=1S/C8H9FO.CH2O/c1-2-10-8-6-4-3-5-7(8)9;1-2/h3-6H,2H2,1H3;1H2. The van der Waals surface area contributed by atoms with E-state index in [0.29, 0.717) is 12.4 Å². The predicted molar refractivity (Wildman–Crippen MR) is 44.7 cm³/mol. The van der Waals surface area contributed by atoms with Gasteiger partial charge in [0.05, 0.1) is 6.61 Å². The fourth-order valence-electron chi connectivity index (χ4n) is 0.717. The summed E-state index contributed by atoms with van der Waals surface area (Å²) in [4.78, 5) is 8.00.